The highest BCUT2D eigenvalue weighted by Crippen LogP contribution is 2.20. The van der Waals surface area contributed by atoms with Crippen LogP contribution in [0.1, 0.15) is 25.7 Å². The van der Waals surface area contributed by atoms with Crippen molar-refractivity contribution in [2.24, 2.45) is 5.92 Å². The van der Waals surface area contributed by atoms with Crippen LogP contribution in [0.3, 0.4) is 0 Å². The minimum absolute atomic E-state index is 0.376. The molecule has 2 aliphatic rings. The van der Waals surface area contributed by atoms with Crippen molar-refractivity contribution in [1.82, 2.24) is 15.1 Å². The minimum atomic E-state index is 0.376. The average molecular weight is 239 g/mol. The predicted octanol–water partition coefficient (Wildman–Crippen LogP) is 0.539. The fourth-order valence-corrected chi connectivity index (χ4v) is 2.85. The molecule has 0 radical (unpaired) electrons. The first-order valence-electron chi connectivity index (χ1n) is 6.81. The fourth-order valence-electron chi connectivity index (χ4n) is 2.85. The largest absolute Gasteiger partial charge is 0.341 e. The molecule has 4 nitrogen and oxygen atoms in total. The number of likely N-dealkylation sites (N-methyl/N-ethyl adjacent to an activating group) is 1. The van der Waals surface area contributed by atoms with Gasteiger partial charge in [0.2, 0.25) is 5.91 Å². The number of rotatable bonds is 3. The number of piperidine rings is 1. The van der Waals surface area contributed by atoms with Gasteiger partial charge in [0.1, 0.15) is 0 Å². The lowest BCUT2D eigenvalue weighted by Gasteiger charge is -2.25. The molecule has 4 heteroatoms. The molecule has 1 N–H and O–H groups in total. The molecule has 17 heavy (non-hydrogen) atoms. The van der Waals surface area contributed by atoms with Crippen molar-refractivity contribution < 1.29 is 4.79 Å². The first-order chi connectivity index (χ1) is 8.16. The van der Waals surface area contributed by atoms with Gasteiger partial charge in [-0.2, -0.15) is 0 Å². The number of carbonyl (C=O) groups excluding carboxylic acids is 1. The van der Waals surface area contributed by atoms with Gasteiger partial charge in [0, 0.05) is 25.6 Å². The summed E-state index contributed by atoms with van der Waals surface area (Å²) in [5, 5.41) is 3.35. The maximum absolute atomic E-state index is 12.2. The van der Waals surface area contributed by atoms with Gasteiger partial charge in [0.25, 0.3) is 0 Å². The van der Waals surface area contributed by atoms with Crippen LogP contribution < -0.4 is 5.32 Å². The second-order valence-electron chi connectivity index (χ2n) is 5.64. The van der Waals surface area contributed by atoms with E-state index in [2.05, 4.69) is 29.2 Å². The summed E-state index contributed by atoms with van der Waals surface area (Å²) in [5.41, 5.74) is 0. The Labute approximate surface area is 104 Å². The van der Waals surface area contributed by atoms with Crippen LogP contribution in [0.5, 0.6) is 0 Å². The van der Waals surface area contributed by atoms with Crippen molar-refractivity contribution in [3.63, 3.8) is 0 Å². The molecular weight excluding hydrogens is 214 g/mol. The summed E-state index contributed by atoms with van der Waals surface area (Å²) in [7, 11) is 4.21. The number of hydrogen-bond acceptors (Lipinski definition) is 3. The second kappa shape index (κ2) is 5.83. The molecule has 2 rings (SSSR count). The van der Waals surface area contributed by atoms with Crippen LogP contribution in [-0.2, 0) is 4.79 Å². The van der Waals surface area contributed by atoms with Gasteiger partial charge >= 0.3 is 0 Å². The number of nitrogens with zero attached hydrogens (tertiary/aromatic N) is 2. The molecule has 0 aromatic carbocycles. The quantitative estimate of drug-likeness (QED) is 0.781. The van der Waals surface area contributed by atoms with Gasteiger partial charge in [0.15, 0.2) is 0 Å². The Morgan fingerprint density at radius 1 is 1.29 bits per heavy atom. The molecule has 1 atom stereocenters. The lowest BCUT2D eigenvalue weighted by molar-refractivity contribution is -0.131. The summed E-state index contributed by atoms with van der Waals surface area (Å²) in [6.07, 6.45) is 4.22. The maximum atomic E-state index is 12.2. The van der Waals surface area contributed by atoms with E-state index < -0.39 is 0 Å². The zero-order valence-corrected chi connectivity index (χ0v) is 11.1. The van der Waals surface area contributed by atoms with Gasteiger partial charge in [-0.15, -0.1) is 0 Å². The van der Waals surface area contributed by atoms with E-state index in [-0.39, 0.29) is 0 Å². The van der Waals surface area contributed by atoms with E-state index in [1.807, 2.05) is 0 Å². The Balaban J connectivity index is 1.76. The summed E-state index contributed by atoms with van der Waals surface area (Å²) in [6, 6.07) is 0.562. The predicted molar refractivity (Wildman–Crippen MR) is 68.9 cm³/mol. The molecule has 1 unspecified atom stereocenters. The molecule has 98 valence electrons. The van der Waals surface area contributed by atoms with Crippen LogP contribution in [0.15, 0.2) is 0 Å². The average Bonchev–Trinajstić information content (AvgIpc) is 2.79. The van der Waals surface area contributed by atoms with Gasteiger partial charge in [-0.25, -0.2) is 0 Å². The summed E-state index contributed by atoms with van der Waals surface area (Å²) >= 11 is 0. The number of carbonyl (C=O) groups is 1. The highest BCUT2D eigenvalue weighted by Gasteiger charge is 2.28. The molecule has 0 aromatic rings. The van der Waals surface area contributed by atoms with E-state index >= 15 is 0 Å². The van der Waals surface area contributed by atoms with E-state index in [1.54, 1.807) is 0 Å². The Morgan fingerprint density at radius 3 is 2.59 bits per heavy atom. The Morgan fingerprint density at radius 2 is 2.00 bits per heavy atom. The molecule has 2 aliphatic heterocycles. The molecule has 2 heterocycles. The monoisotopic (exact) mass is 239 g/mol. The number of amides is 1. The zero-order chi connectivity index (χ0) is 12.3. The molecule has 0 bridgehead atoms. The number of nitrogens with one attached hydrogen (secondary N) is 1. The molecular formula is C13H25N3O. The lowest BCUT2D eigenvalue weighted by Crippen LogP contribution is -2.36. The van der Waals surface area contributed by atoms with Crippen molar-refractivity contribution in [2.75, 3.05) is 40.3 Å². The first kappa shape index (κ1) is 12.8. The lowest BCUT2D eigenvalue weighted by atomic mass is 9.94. The number of likely N-dealkylation sites (tertiary alicyclic amines) is 1. The Kier molecular flexibility index (Phi) is 4.40. The van der Waals surface area contributed by atoms with E-state index in [0.29, 0.717) is 17.9 Å². The third-order valence-corrected chi connectivity index (χ3v) is 4.17. The fraction of sp³-hybridized carbons (Fsp3) is 0.923. The molecule has 2 saturated heterocycles. The van der Waals surface area contributed by atoms with E-state index in [0.717, 1.165) is 51.9 Å². The van der Waals surface area contributed by atoms with Gasteiger partial charge < -0.3 is 15.1 Å². The summed E-state index contributed by atoms with van der Waals surface area (Å²) in [4.78, 5) is 16.5. The number of hydrogen-bond donors (Lipinski definition) is 1. The molecule has 0 aliphatic carbocycles. The third kappa shape index (κ3) is 3.42. The van der Waals surface area contributed by atoms with Crippen molar-refractivity contribution in [1.29, 1.82) is 0 Å². The van der Waals surface area contributed by atoms with Gasteiger partial charge in [0.05, 0.1) is 0 Å². The van der Waals surface area contributed by atoms with Crippen molar-refractivity contribution in [3.05, 3.63) is 0 Å². The van der Waals surface area contributed by atoms with E-state index in [1.165, 1.54) is 0 Å². The normalized spacial score (nSPS) is 26.8. The Hall–Kier alpha value is -0.610. The van der Waals surface area contributed by atoms with Gasteiger partial charge in [-0.3, -0.25) is 4.79 Å². The first-order valence-corrected chi connectivity index (χ1v) is 6.81. The molecule has 0 saturated carbocycles. The zero-order valence-electron chi connectivity index (χ0n) is 11.1. The smallest absolute Gasteiger partial charge is 0.222 e. The van der Waals surface area contributed by atoms with E-state index in [9.17, 15) is 4.79 Å². The van der Waals surface area contributed by atoms with Crippen LogP contribution >= 0.6 is 0 Å². The SMILES string of the molecule is CN(C)C1CCN(C(=O)CC2CCNCC2)C1. The van der Waals surface area contributed by atoms with Crippen LogP contribution in [0, 0.1) is 5.92 Å². The van der Waals surface area contributed by atoms with Crippen molar-refractivity contribution in [2.45, 2.75) is 31.7 Å². The highest BCUT2D eigenvalue weighted by atomic mass is 16.2. The van der Waals surface area contributed by atoms with E-state index in [4.69, 9.17) is 0 Å². The Bertz CT molecular complexity index is 261. The van der Waals surface area contributed by atoms with Gasteiger partial charge in [-0.05, 0) is 52.4 Å². The molecule has 2 fully saturated rings. The molecule has 0 aromatic heterocycles. The standard InChI is InChI=1S/C13H25N3O/c1-15(2)12-5-8-16(10-12)13(17)9-11-3-6-14-7-4-11/h11-12,14H,3-10H2,1-2H3. The molecule has 0 spiro atoms. The molecule has 1 amide bonds. The van der Waals surface area contributed by atoms with Crippen LogP contribution in [0.25, 0.3) is 0 Å². The minimum Gasteiger partial charge on any atom is -0.341 e. The third-order valence-electron chi connectivity index (χ3n) is 4.17. The highest BCUT2D eigenvalue weighted by molar-refractivity contribution is 5.76. The summed E-state index contributed by atoms with van der Waals surface area (Å²) in [5.74, 6) is 0.989. The van der Waals surface area contributed by atoms with Gasteiger partial charge in [-0.1, -0.05) is 0 Å². The van der Waals surface area contributed by atoms with Crippen molar-refractivity contribution in [3.8, 4) is 0 Å². The summed E-state index contributed by atoms with van der Waals surface area (Å²) in [6.45, 7) is 4.04. The van der Waals surface area contributed by atoms with Crippen molar-refractivity contribution >= 4 is 5.91 Å². The van der Waals surface area contributed by atoms with Crippen LogP contribution in [-0.4, -0.2) is 62.0 Å². The second-order valence-corrected chi connectivity index (χ2v) is 5.64. The maximum Gasteiger partial charge on any atom is 0.222 e. The summed E-state index contributed by atoms with van der Waals surface area (Å²) < 4.78 is 0. The topological polar surface area (TPSA) is 35.6 Å². The van der Waals surface area contributed by atoms with Crippen LogP contribution in [0.2, 0.25) is 0 Å². The van der Waals surface area contributed by atoms with Crippen LogP contribution in [0.4, 0.5) is 0 Å².